The Kier molecular flexibility index (Phi) is 4.78. The molecule has 0 radical (unpaired) electrons. The van der Waals surface area contributed by atoms with Gasteiger partial charge in [-0.1, -0.05) is 13.8 Å². The maximum Gasteiger partial charge on any atom is 0.251 e. The maximum absolute atomic E-state index is 11.9. The molecule has 1 aromatic rings. The molecule has 1 aromatic carbocycles. The van der Waals surface area contributed by atoms with Gasteiger partial charge in [-0.15, -0.1) is 0 Å². The molecular weight excluding hydrogens is 244 g/mol. The second-order valence-corrected chi connectivity index (χ2v) is 5.79. The highest BCUT2D eigenvalue weighted by molar-refractivity contribution is 5.94. The number of aromatic hydroxyl groups is 2. The zero-order valence-electron chi connectivity index (χ0n) is 11.9. The standard InChI is InChI=1S/C14H22N2O3/c1-14(2,9-16(3)4)8-15-13(19)10-5-6-11(17)12(18)7-10/h5-7,17-18H,8-9H2,1-4H3,(H,15,19). The monoisotopic (exact) mass is 266 g/mol. The molecule has 0 saturated heterocycles. The van der Waals surface area contributed by atoms with Crippen LogP contribution >= 0.6 is 0 Å². The van der Waals surface area contributed by atoms with Gasteiger partial charge in [-0.3, -0.25) is 4.79 Å². The van der Waals surface area contributed by atoms with Crippen molar-refractivity contribution in [3.63, 3.8) is 0 Å². The number of phenols is 2. The van der Waals surface area contributed by atoms with Crippen LogP contribution in [0, 0.1) is 5.41 Å². The first kappa shape index (κ1) is 15.3. The van der Waals surface area contributed by atoms with E-state index in [1.165, 1.54) is 18.2 Å². The number of benzene rings is 1. The topological polar surface area (TPSA) is 72.8 Å². The molecule has 0 saturated carbocycles. The molecule has 0 atom stereocenters. The summed E-state index contributed by atoms with van der Waals surface area (Å²) in [6.07, 6.45) is 0. The Morgan fingerprint density at radius 2 is 1.89 bits per heavy atom. The molecule has 1 amide bonds. The van der Waals surface area contributed by atoms with Gasteiger partial charge in [0.2, 0.25) is 0 Å². The Balaban J connectivity index is 2.62. The predicted octanol–water partition coefficient (Wildman–Crippen LogP) is 1.42. The maximum atomic E-state index is 11.9. The van der Waals surface area contributed by atoms with Crippen molar-refractivity contribution < 1.29 is 15.0 Å². The van der Waals surface area contributed by atoms with E-state index in [4.69, 9.17) is 0 Å². The average Bonchev–Trinajstić information content (AvgIpc) is 2.28. The number of hydrogen-bond donors (Lipinski definition) is 3. The summed E-state index contributed by atoms with van der Waals surface area (Å²) in [6, 6.07) is 4.03. The summed E-state index contributed by atoms with van der Waals surface area (Å²) in [5.41, 5.74) is 0.286. The lowest BCUT2D eigenvalue weighted by atomic mass is 9.93. The van der Waals surface area contributed by atoms with Crippen molar-refractivity contribution in [1.82, 2.24) is 10.2 Å². The Morgan fingerprint density at radius 3 is 2.42 bits per heavy atom. The van der Waals surface area contributed by atoms with E-state index in [9.17, 15) is 15.0 Å². The van der Waals surface area contributed by atoms with E-state index in [1.807, 2.05) is 14.1 Å². The third kappa shape index (κ3) is 4.79. The number of nitrogens with zero attached hydrogens (tertiary/aromatic N) is 1. The first-order valence-electron chi connectivity index (χ1n) is 6.16. The molecule has 0 aliphatic heterocycles. The molecule has 0 fully saturated rings. The fourth-order valence-electron chi connectivity index (χ4n) is 2.00. The molecule has 1 rings (SSSR count). The van der Waals surface area contributed by atoms with Crippen molar-refractivity contribution in [3.05, 3.63) is 23.8 Å². The lowest BCUT2D eigenvalue weighted by Crippen LogP contribution is -2.39. The third-order valence-corrected chi connectivity index (χ3v) is 2.71. The van der Waals surface area contributed by atoms with Crippen LogP contribution in [0.15, 0.2) is 18.2 Å². The van der Waals surface area contributed by atoms with Gasteiger partial charge in [0, 0.05) is 18.7 Å². The molecule has 0 aliphatic rings. The Bertz CT molecular complexity index is 456. The Labute approximate surface area is 113 Å². The SMILES string of the molecule is CN(C)CC(C)(C)CNC(=O)c1ccc(O)c(O)c1. The van der Waals surface area contributed by atoms with E-state index in [0.29, 0.717) is 12.1 Å². The zero-order chi connectivity index (χ0) is 14.6. The fraction of sp³-hybridized carbons (Fsp3) is 0.500. The third-order valence-electron chi connectivity index (χ3n) is 2.71. The van der Waals surface area contributed by atoms with Crippen molar-refractivity contribution in [2.24, 2.45) is 5.41 Å². The highest BCUT2D eigenvalue weighted by Gasteiger charge is 2.20. The van der Waals surface area contributed by atoms with E-state index < -0.39 is 0 Å². The lowest BCUT2D eigenvalue weighted by Gasteiger charge is -2.28. The van der Waals surface area contributed by atoms with Gasteiger partial charge < -0.3 is 20.4 Å². The van der Waals surface area contributed by atoms with Gasteiger partial charge in [-0.25, -0.2) is 0 Å². The number of hydrogen-bond acceptors (Lipinski definition) is 4. The summed E-state index contributed by atoms with van der Waals surface area (Å²) < 4.78 is 0. The van der Waals surface area contributed by atoms with Crippen LogP contribution in [0.3, 0.4) is 0 Å². The van der Waals surface area contributed by atoms with Gasteiger partial charge in [-0.05, 0) is 37.7 Å². The normalized spacial score (nSPS) is 11.6. The number of amides is 1. The molecule has 0 heterocycles. The van der Waals surface area contributed by atoms with E-state index in [-0.39, 0.29) is 22.8 Å². The fourth-order valence-corrected chi connectivity index (χ4v) is 2.00. The Morgan fingerprint density at radius 1 is 1.26 bits per heavy atom. The number of rotatable bonds is 5. The Hall–Kier alpha value is -1.75. The van der Waals surface area contributed by atoms with Crippen LogP contribution < -0.4 is 5.32 Å². The second kappa shape index (κ2) is 5.93. The first-order chi connectivity index (χ1) is 8.71. The lowest BCUT2D eigenvalue weighted by molar-refractivity contribution is 0.0929. The van der Waals surface area contributed by atoms with Gasteiger partial charge in [0.25, 0.3) is 5.91 Å². The molecule has 106 valence electrons. The smallest absolute Gasteiger partial charge is 0.251 e. The largest absolute Gasteiger partial charge is 0.504 e. The van der Waals surface area contributed by atoms with Crippen LogP contribution in [-0.4, -0.2) is 48.2 Å². The quantitative estimate of drug-likeness (QED) is 0.705. The van der Waals surface area contributed by atoms with E-state index in [2.05, 4.69) is 24.1 Å². The highest BCUT2D eigenvalue weighted by Crippen LogP contribution is 2.24. The van der Waals surface area contributed by atoms with Crippen LogP contribution in [0.2, 0.25) is 0 Å². The average molecular weight is 266 g/mol. The minimum Gasteiger partial charge on any atom is -0.504 e. The van der Waals surface area contributed by atoms with Gasteiger partial charge in [0.05, 0.1) is 0 Å². The molecule has 5 heteroatoms. The van der Waals surface area contributed by atoms with Crippen LogP contribution in [0.5, 0.6) is 11.5 Å². The first-order valence-corrected chi connectivity index (χ1v) is 6.16. The predicted molar refractivity (Wildman–Crippen MR) is 74.4 cm³/mol. The van der Waals surface area contributed by atoms with E-state index >= 15 is 0 Å². The molecule has 3 N–H and O–H groups in total. The van der Waals surface area contributed by atoms with Crippen molar-refractivity contribution in [1.29, 1.82) is 0 Å². The van der Waals surface area contributed by atoms with Crippen LogP contribution in [0.25, 0.3) is 0 Å². The van der Waals surface area contributed by atoms with Crippen molar-refractivity contribution in [3.8, 4) is 11.5 Å². The minimum absolute atomic E-state index is 0.0435. The summed E-state index contributed by atoms with van der Waals surface area (Å²) in [5.74, 6) is -0.785. The summed E-state index contributed by atoms with van der Waals surface area (Å²) in [7, 11) is 3.98. The molecule has 0 aromatic heterocycles. The molecule has 0 unspecified atom stereocenters. The summed E-state index contributed by atoms with van der Waals surface area (Å²) in [6.45, 7) is 5.53. The van der Waals surface area contributed by atoms with Crippen molar-refractivity contribution >= 4 is 5.91 Å². The minimum atomic E-state index is -0.291. The number of nitrogens with one attached hydrogen (secondary N) is 1. The highest BCUT2D eigenvalue weighted by atomic mass is 16.3. The number of carbonyl (C=O) groups excluding carboxylic acids is 1. The van der Waals surface area contributed by atoms with Gasteiger partial charge in [0.1, 0.15) is 0 Å². The molecule has 19 heavy (non-hydrogen) atoms. The van der Waals surface area contributed by atoms with Crippen LogP contribution in [0.1, 0.15) is 24.2 Å². The summed E-state index contributed by atoms with van der Waals surface area (Å²) in [4.78, 5) is 14.0. The molecule has 0 aliphatic carbocycles. The molecular formula is C14H22N2O3. The van der Waals surface area contributed by atoms with Gasteiger partial charge >= 0.3 is 0 Å². The zero-order valence-corrected chi connectivity index (χ0v) is 11.9. The summed E-state index contributed by atoms with van der Waals surface area (Å²) in [5, 5.41) is 21.4. The van der Waals surface area contributed by atoms with Gasteiger partial charge in [-0.2, -0.15) is 0 Å². The number of phenolic OH excluding ortho intramolecular Hbond substituents is 2. The van der Waals surface area contributed by atoms with Crippen LogP contribution in [-0.2, 0) is 0 Å². The summed E-state index contributed by atoms with van der Waals surface area (Å²) >= 11 is 0. The molecule has 5 nitrogen and oxygen atoms in total. The molecule has 0 spiro atoms. The van der Waals surface area contributed by atoms with E-state index in [1.54, 1.807) is 0 Å². The van der Waals surface area contributed by atoms with Crippen LogP contribution in [0.4, 0.5) is 0 Å². The van der Waals surface area contributed by atoms with Gasteiger partial charge in [0.15, 0.2) is 11.5 Å². The number of carbonyl (C=O) groups is 1. The second-order valence-electron chi connectivity index (χ2n) is 5.79. The van der Waals surface area contributed by atoms with E-state index in [0.717, 1.165) is 6.54 Å². The van der Waals surface area contributed by atoms with Crippen molar-refractivity contribution in [2.45, 2.75) is 13.8 Å². The van der Waals surface area contributed by atoms with Crippen molar-refractivity contribution in [2.75, 3.05) is 27.2 Å². The molecule has 0 bridgehead atoms.